The lowest BCUT2D eigenvalue weighted by Gasteiger charge is -2.23. The summed E-state index contributed by atoms with van der Waals surface area (Å²) >= 11 is 0. The van der Waals surface area contributed by atoms with Gasteiger partial charge in [-0.3, -0.25) is 4.79 Å². The molecule has 0 aromatic heterocycles. The van der Waals surface area contributed by atoms with E-state index in [4.69, 9.17) is 28.4 Å². The Kier molecular flexibility index (Phi) is 30.0. The van der Waals surface area contributed by atoms with Crippen LogP contribution in [0.3, 0.4) is 0 Å². The normalized spacial score (nSPS) is 11.5. The maximum Gasteiger partial charge on any atom is 0.224 e. The first kappa shape index (κ1) is 58.5. The van der Waals surface area contributed by atoms with Crippen molar-refractivity contribution in [1.82, 2.24) is 0 Å². The van der Waals surface area contributed by atoms with E-state index in [-0.39, 0.29) is 5.91 Å². The van der Waals surface area contributed by atoms with Crippen LogP contribution in [0.2, 0.25) is 0 Å². The number of hydrogen-bond donors (Lipinski definition) is 1. The van der Waals surface area contributed by atoms with Crippen molar-refractivity contribution in [3.8, 4) is 34.5 Å². The summed E-state index contributed by atoms with van der Waals surface area (Å²) in [5.74, 6) is 4.24. The van der Waals surface area contributed by atoms with E-state index in [9.17, 15) is 4.79 Å². The first-order valence-electron chi connectivity index (χ1n) is 29.1. The van der Waals surface area contributed by atoms with Gasteiger partial charge in [-0.15, -0.1) is 0 Å². The van der Waals surface area contributed by atoms with Crippen LogP contribution in [-0.2, 0) is 4.79 Å². The lowest BCUT2D eigenvalue weighted by molar-refractivity contribution is -0.116. The lowest BCUT2D eigenvalue weighted by Crippen LogP contribution is -2.14. The van der Waals surface area contributed by atoms with Crippen molar-refractivity contribution >= 4 is 43.9 Å². The molecule has 1 amide bonds. The van der Waals surface area contributed by atoms with Gasteiger partial charge in [0.25, 0.3) is 0 Å². The van der Waals surface area contributed by atoms with Gasteiger partial charge in [0.2, 0.25) is 5.91 Å². The minimum absolute atomic E-state index is 0.00988. The summed E-state index contributed by atoms with van der Waals surface area (Å²) < 4.78 is 40.8. The van der Waals surface area contributed by atoms with Crippen LogP contribution in [0.5, 0.6) is 34.5 Å². The van der Waals surface area contributed by atoms with E-state index in [0.29, 0.717) is 63.2 Å². The van der Waals surface area contributed by atoms with Crippen LogP contribution in [0, 0.1) is 0 Å². The van der Waals surface area contributed by atoms with E-state index in [2.05, 4.69) is 84.1 Å². The predicted molar refractivity (Wildman–Crippen MR) is 299 cm³/mol. The standard InChI is InChI=1S/C62H99NO7/c1-8-15-22-29-30-37-59(64)63-61-60-52-47-57(68-41-34-26-19-12-5)56(67-40-33-25-18-11-4)45-50(52)49-44-54(65-38-31-23-16-9-2)55(66-39-32-24-17-10-3)46-51(49)53(60)48-58(69-42-35-27-20-13-6)62(61)70-43-36-28-21-14-7/h44-48H,8-43H2,1-7H3,(H,63,64). The van der Waals surface area contributed by atoms with Crippen molar-refractivity contribution in [1.29, 1.82) is 0 Å². The Bertz CT molecular complexity index is 1980. The highest BCUT2D eigenvalue weighted by Crippen LogP contribution is 2.51. The second-order valence-electron chi connectivity index (χ2n) is 19.9. The minimum Gasteiger partial charge on any atom is -0.490 e. The molecule has 0 spiro atoms. The Hall–Kier alpha value is -4.07. The number of carbonyl (C=O) groups is 1. The summed E-state index contributed by atoms with van der Waals surface area (Å²) in [4.78, 5) is 14.4. The molecule has 0 atom stereocenters. The predicted octanol–water partition coefficient (Wildman–Crippen LogP) is 19.2. The van der Waals surface area contributed by atoms with Gasteiger partial charge in [0.15, 0.2) is 34.5 Å². The molecule has 0 radical (unpaired) electrons. The minimum atomic E-state index is -0.00988. The largest absolute Gasteiger partial charge is 0.490 e. The van der Waals surface area contributed by atoms with Gasteiger partial charge in [-0.25, -0.2) is 0 Å². The number of amides is 1. The van der Waals surface area contributed by atoms with Gasteiger partial charge in [0, 0.05) is 11.8 Å². The number of unbranched alkanes of at least 4 members (excludes halogenated alkanes) is 22. The maximum atomic E-state index is 14.4. The Balaban J connectivity index is 2.12. The fraction of sp³-hybridized carbons (Fsp3) is 0.694. The van der Waals surface area contributed by atoms with Crippen LogP contribution in [0.25, 0.3) is 32.3 Å². The molecule has 4 aromatic rings. The van der Waals surface area contributed by atoms with E-state index in [0.717, 1.165) is 190 Å². The molecule has 0 bridgehead atoms. The summed E-state index contributed by atoms with van der Waals surface area (Å²) in [6.45, 7) is 19.2. The first-order valence-corrected chi connectivity index (χ1v) is 29.1. The molecule has 394 valence electrons. The van der Waals surface area contributed by atoms with Crippen molar-refractivity contribution in [2.24, 2.45) is 0 Å². The third-order valence-electron chi connectivity index (χ3n) is 13.6. The molecular formula is C62H99NO7. The van der Waals surface area contributed by atoms with Crippen molar-refractivity contribution in [3.05, 3.63) is 30.3 Å². The zero-order valence-electron chi connectivity index (χ0n) is 45.7. The quantitative estimate of drug-likeness (QED) is 0.0349. The van der Waals surface area contributed by atoms with Crippen LogP contribution in [-0.4, -0.2) is 45.5 Å². The number of rotatable bonds is 43. The average Bonchev–Trinajstić information content (AvgIpc) is 3.36. The van der Waals surface area contributed by atoms with Crippen LogP contribution in [0.1, 0.15) is 241 Å². The Morgan fingerprint density at radius 2 is 0.600 bits per heavy atom. The van der Waals surface area contributed by atoms with Gasteiger partial charge in [-0.05, 0) is 102 Å². The molecule has 0 aliphatic rings. The third kappa shape index (κ3) is 19.9. The average molecular weight is 970 g/mol. The Labute approximate surface area is 426 Å². The molecule has 70 heavy (non-hydrogen) atoms. The molecule has 4 aromatic carbocycles. The summed E-state index contributed by atoms with van der Waals surface area (Å²) in [5.41, 5.74) is 0.669. The molecule has 0 heterocycles. The highest BCUT2D eigenvalue weighted by atomic mass is 16.5. The van der Waals surface area contributed by atoms with Gasteiger partial charge in [0.1, 0.15) is 0 Å². The molecule has 8 heteroatoms. The number of hydrogen-bond acceptors (Lipinski definition) is 7. The van der Waals surface area contributed by atoms with E-state index in [1.54, 1.807) is 0 Å². The summed E-state index contributed by atoms with van der Waals surface area (Å²) in [6, 6.07) is 10.9. The SMILES string of the molecule is CCCCCCCC(=O)Nc1c(OCCCCCC)c(OCCCCCC)cc2c3cc(OCCCCCC)c(OCCCCCC)cc3c3cc(OCCCCCC)c(OCCCCCC)cc3c12. The number of nitrogens with one attached hydrogen (secondary N) is 1. The molecule has 0 aliphatic heterocycles. The fourth-order valence-electron chi connectivity index (χ4n) is 9.30. The van der Waals surface area contributed by atoms with E-state index in [1.807, 2.05) is 0 Å². The first-order chi connectivity index (χ1) is 34.5. The van der Waals surface area contributed by atoms with E-state index < -0.39 is 0 Å². The van der Waals surface area contributed by atoms with Crippen molar-refractivity contribution in [3.63, 3.8) is 0 Å². The highest BCUT2D eigenvalue weighted by Gasteiger charge is 2.26. The highest BCUT2D eigenvalue weighted by molar-refractivity contribution is 6.31. The molecule has 0 aliphatic carbocycles. The van der Waals surface area contributed by atoms with Crippen molar-refractivity contribution < 1.29 is 33.2 Å². The molecule has 0 saturated heterocycles. The van der Waals surface area contributed by atoms with Gasteiger partial charge < -0.3 is 33.7 Å². The number of benzene rings is 4. The molecular weight excluding hydrogens is 871 g/mol. The summed E-state index contributed by atoms with van der Waals surface area (Å²) in [7, 11) is 0. The number of ether oxygens (including phenoxy) is 6. The van der Waals surface area contributed by atoms with Crippen LogP contribution in [0.4, 0.5) is 5.69 Å². The van der Waals surface area contributed by atoms with Gasteiger partial charge >= 0.3 is 0 Å². The zero-order valence-corrected chi connectivity index (χ0v) is 45.7. The molecule has 8 nitrogen and oxygen atoms in total. The second-order valence-corrected chi connectivity index (χ2v) is 19.9. The van der Waals surface area contributed by atoms with Gasteiger partial charge in [-0.2, -0.15) is 0 Å². The fourth-order valence-corrected chi connectivity index (χ4v) is 9.30. The molecule has 0 unspecified atom stereocenters. The second kappa shape index (κ2) is 35.9. The number of anilines is 1. The maximum absolute atomic E-state index is 14.4. The topological polar surface area (TPSA) is 84.5 Å². The molecule has 0 fully saturated rings. The third-order valence-corrected chi connectivity index (χ3v) is 13.6. The molecule has 1 N–H and O–H groups in total. The summed E-state index contributed by atoms with van der Waals surface area (Å²) in [6.07, 6.45) is 32.2. The van der Waals surface area contributed by atoms with E-state index in [1.165, 1.54) is 51.4 Å². The van der Waals surface area contributed by atoms with Crippen LogP contribution in [0.15, 0.2) is 30.3 Å². The Morgan fingerprint density at radius 3 is 0.957 bits per heavy atom. The Morgan fingerprint density at radius 1 is 0.329 bits per heavy atom. The van der Waals surface area contributed by atoms with Crippen LogP contribution < -0.4 is 33.7 Å². The number of fused-ring (bicyclic) bond motifs is 6. The monoisotopic (exact) mass is 970 g/mol. The van der Waals surface area contributed by atoms with E-state index >= 15 is 0 Å². The molecule has 0 saturated carbocycles. The molecule has 4 rings (SSSR count). The van der Waals surface area contributed by atoms with Crippen LogP contribution >= 0.6 is 0 Å². The van der Waals surface area contributed by atoms with Crippen molar-refractivity contribution in [2.75, 3.05) is 45.0 Å². The van der Waals surface area contributed by atoms with Gasteiger partial charge in [-0.1, -0.05) is 190 Å². The lowest BCUT2D eigenvalue weighted by atomic mass is 9.91. The zero-order chi connectivity index (χ0) is 50.0. The smallest absolute Gasteiger partial charge is 0.224 e. The summed E-state index contributed by atoms with van der Waals surface area (Å²) in [5, 5.41) is 9.41. The number of carbonyl (C=O) groups excluding carboxylic acids is 1. The van der Waals surface area contributed by atoms with Crippen molar-refractivity contribution in [2.45, 2.75) is 241 Å². The van der Waals surface area contributed by atoms with Gasteiger partial charge in [0.05, 0.1) is 45.3 Å².